The van der Waals surface area contributed by atoms with Crippen LogP contribution in [0.2, 0.25) is 0 Å². The number of aryl methyl sites for hydroxylation is 2. The number of nitrogens with zero attached hydrogens (tertiary/aromatic N) is 3. The molecule has 3 heterocycles. The van der Waals surface area contributed by atoms with Gasteiger partial charge in [0.1, 0.15) is 17.3 Å². The van der Waals surface area contributed by atoms with Crippen molar-refractivity contribution in [3.05, 3.63) is 46.8 Å². The Balaban J connectivity index is 0.00000387. The van der Waals surface area contributed by atoms with Crippen molar-refractivity contribution in [3.8, 4) is 5.75 Å². The first-order valence-corrected chi connectivity index (χ1v) is 15.1. The van der Waals surface area contributed by atoms with Crippen molar-refractivity contribution < 1.29 is 19.8 Å². The summed E-state index contributed by atoms with van der Waals surface area (Å²) >= 11 is 0. The molecular formula is C31H46ClN5O4. The van der Waals surface area contributed by atoms with E-state index in [0.29, 0.717) is 32.5 Å². The predicted octanol–water partition coefficient (Wildman–Crippen LogP) is 4.15. The van der Waals surface area contributed by atoms with Crippen molar-refractivity contribution in [3.63, 3.8) is 0 Å². The van der Waals surface area contributed by atoms with Crippen LogP contribution in [0.25, 0.3) is 0 Å². The lowest BCUT2D eigenvalue weighted by molar-refractivity contribution is -0.166. The van der Waals surface area contributed by atoms with Gasteiger partial charge in [0.25, 0.3) is 0 Å². The number of phenols is 1. The minimum Gasteiger partial charge on any atom is -0.508 e. The summed E-state index contributed by atoms with van der Waals surface area (Å²) in [4.78, 5) is 32.1. The van der Waals surface area contributed by atoms with E-state index in [9.17, 15) is 19.8 Å². The Bertz CT molecular complexity index is 1170. The van der Waals surface area contributed by atoms with Crippen molar-refractivity contribution in [2.45, 2.75) is 102 Å². The fourth-order valence-electron chi connectivity index (χ4n) is 7.29. The number of carbonyl (C=O) groups excluding carboxylic acids is 2. The maximum Gasteiger partial charge on any atom is 0.248 e. The van der Waals surface area contributed by atoms with Crippen LogP contribution >= 0.6 is 12.4 Å². The first-order chi connectivity index (χ1) is 19.3. The second-order valence-corrected chi connectivity index (χ2v) is 12.1. The minimum atomic E-state index is -0.911. The maximum atomic E-state index is 14.0. The number of rotatable bonds is 8. The highest BCUT2D eigenvalue weighted by Gasteiger charge is 2.55. The molecule has 2 amide bonds. The van der Waals surface area contributed by atoms with Crippen LogP contribution in [-0.4, -0.2) is 79.3 Å². The van der Waals surface area contributed by atoms with Gasteiger partial charge in [-0.05, 0) is 69.6 Å². The molecule has 1 unspecified atom stereocenters. The van der Waals surface area contributed by atoms with Crippen LogP contribution in [0, 0.1) is 19.8 Å². The molecule has 41 heavy (non-hydrogen) atoms. The number of piperazine rings is 1. The molecule has 226 valence electrons. The van der Waals surface area contributed by atoms with Crippen LogP contribution in [0.15, 0.2) is 24.3 Å². The number of piperidine rings is 1. The van der Waals surface area contributed by atoms with E-state index in [1.807, 2.05) is 30.9 Å². The summed E-state index contributed by atoms with van der Waals surface area (Å²) in [5, 5.41) is 31.7. The molecule has 1 aliphatic carbocycles. The first-order valence-electron chi connectivity index (χ1n) is 15.1. The molecule has 3 fully saturated rings. The van der Waals surface area contributed by atoms with Gasteiger partial charge in [0.05, 0.1) is 17.8 Å². The zero-order valence-corrected chi connectivity index (χ0v) is 25.4. The lowest BCUT2D eigenvalue weighted by Crippen LogP contribution is -2.75. The van der Waals surface area contributed by atoms with E-state index in [4.69, 9.17) is 0 Å². The summed E-state index contributed by atoms with van der Waals surface area (Å²) in [5.74, 6) is 0.0184. The second kappa shape index (κ2) is 13.1. The van der Waals surface area contributed by atoms with Gasteiger partial charge in [-0.3, -0.25) is 19.6 Å². The SMILES string of the molecule is CCCCN1C(=O)[C@@H]([C@H](O)C2CCCCC2)NC(=O)C12CCN(C(c1ccc(O)cc1)c1c(C)n[nH]c1C)CC2.Cl. The lowest BCUT2D eigenvalue weighted by Gasteiger charge is -2.53. The fraction of sp³-hybridized carbons (Fsp3) is 0.645. The van der Waals surface area contributed by atoms with Gasteiger partial charge in [-0.25, -0.2) is 0 Å². The number of likely N-dealkylation sites (tertiary alicyclic amines) is 1. The Morgan fingerprint density at radius 3 is 2.32 bits per heavy atom. The molecule has 3 aliphatic rings. The number of aromatic amines is 1. The van der Waals surface area contributed by atoms with Gasteiger partial charge < -0.3 is 20.4 Å². The van der Waals surface area contributed by atoms with Crippen molar-refractivity contribution in [1.82, 2.24) is 25.3 Å². The second-order valence-electron chi connectivity index (χ2n) is 12.1. The molecule has 1 aromatic carbocycles. The largest absolute Gasteiger partial charge is 0.508 e. The van der Waals surface area contributed by atoms with Gasteiger partial charge in [0.15, 0.2) is 0 Å². The standard InChI is InChI=1S/C31H45N5O4.ClH/c1-4-5-17-36-29(39)26(28(38)23-9-7-6-8-10-23)32-30(40)31(36)15-18-35(19-16-31)27(22-11-13-24(37)14-12-22)25-20(2)33-34-21(25)3;/h11-14,23,26-28,37-38H,4-10,15-19H2,1-3H3,(H,32,40)(H,33,34);1H/t26-,27?,28-;/m1./s1. The van der Waals surface area contributed by atoms with Crippen molar-refractivity contribution >= 4 is 24.2 Å². The van der Waals surface area contributed by atoms with Gasteiger partial charge in [-0.15, -0.1) is 12.4 Å². The number of halogens is 1. The predicted molar refractivity (Wildman–Crippen MR) is 160 cm³/mol. The number of phenolic OH excluding ortho intramolecular Hbond substituents is 1. The average Bonchev–Trinajstić information content (AvgIpc) is 3.30. The Hall–Kier alpha value is -2.62. The van der Waals surface area contributed by atoms with E-state index in [0.717, 1.165) is 61.0 Å². The zero-order chi connectivity index (χ0) is 28.4. The number of hydrogen-bond donors (Lipinski definition) is 4. The minimum absolute atomic E-state index is 0. The van der Waals surface area contributed by atoms with Crippen molar-refractivity contribution in [2.75, 3.05) is 19.6 Å². The molecule has 4 N–H and O–H groups in total. The molecule has 9 nitrogen and oxygen atoms in total. The van der Waals surface area contributed by atoms with E-state index < -0.39 is 17.7 Å². The zero-order valence-electron chi connectivity index (χ0n) is 24.6. The molecule has 10 heteroatoms. The van der Waals surface area contributed by atoms with Crippen LogP contribution in [0.3, 0.4) is 0 Å². The van der Waals surface area contributed by atoms with E-state index in [1.165, 1.54) is 6.42 Å². The highest BCUT2D eigenvalue weighted by atomic mass is 35.5. The Kier molecular flexibility index (Phi) is 10.0. The van der Waals surface area contributed by atoms with E-state index in [-0.39, 0.29) is 41.9 Å². The molecule has 0 radical (unpaired) electrons. The average molecular weight is 588 g/mol. The summed E-state index contributed by atoms with van der Waals surface area (Å²) in [6.07, 6.45) is 7.04. The van der Waals surface area contributed by atoms with Gasteiger partial charge in [0.2, 0.25) is 11.8 Å². The molecule has 1 aromatic heterocycles. The molecule has 2 aliphatic heterocycles. The normalized spacial score (nSPS) is 23.2. The summed E-state index contributed by atoms with van der Waals surface area (Å²) in [5.41, 5.74) is 3.15. The molecule has 2 aromatic rings. The highest BCUT2D eigenvalue weighted by Crippen LogP contribution is 2.40. The Labute approximate surface area is 249 Å². The number of unbranched alkanes of at least 4 members (excludes halogenated alkanes) is 1. The number of aromatic nitrogens is 2. The van der Waals surface area contributed by atoms with Crippen LogP contribution < -0.4 is 5.32 Å². The lowest BCUT2D eigenvalue weighted by atomic mass is 9.77. The fourth-order valence-corrected chi connectivity index (χ4v) is 7.29. The number of hydrogen-bond acceptors (Lipinski definition) is 6. The smallest absolute Gasteiger partial charge is 0.248 e. The summed E-state index contributed by atoms with van der Waals surface area (Å²) in [6.45, 7) is 7.87. The van der Waals surface area contributed by atoms with Crippen molar-refractivity contribution in [1.29, 1.82) is 0 Å². The molecule has 3 atom stereocenters. The Morgan fingerprint density at radius 1 is 1.07 bits per heavy atom. The molecule has 5 rings (SSSR count). The van der Waals surface area contributed by atoms with E-state index >= 15 is 0 Å². The molecule has 0 bridgehead atoms. The quantitative estimate of drug-likeness (QED) is 0.368. The van der Waals surface area contributed by atoms with Crippen molar-refractivity contribution in [2.24, 2.45) is 5.92 Å². The summed E-state index contributed by atoms with van der Waals surface area (Å²) in [7, 11) is 0. The number of aliphatic hydroxyl groups excluding tert-OH is 1. The van der Waals surface area contributed by atoms with Crippen LogP contribution in [0.1, 0.15) is 93.3 Å². The third-order valence-electron chi connectivity index (χ3n) is 9.63. The number of carbonyl (C=O) groups is 2. The van der Waals surface area contributed by atoms with E-state index in [1.54, 1.807) is 12.1 Å². The summed E-state index contributed by atoms with van der Waals surface area (Å²) in [6, 6.07) is 6.34. The van der Waals surface area contributed by atoms with Gasteiger partial charge in [0, 0.05) is 30.9 Å². The Morgan fingerprint density at radius 2 is 1.73 bits per heavy atom. The molecular weight excluding hydrogens is 542 g/mol. The molecule has 1 spiro atoms. The topological polar surface area (TPSA) is 122 Å². The number of aliphatic hydroxyl groups is 1. The summed E-state index contributed by atoms with van der Waals surface area (Å²) < 4.78 is 0. The van der Waals surface area contributed by atoms with Crippen LogP contribution in [-0.2, 0) is 9.59 Å². The van der Waals surface area contributed by atoms with Gasteiger partial charge in [-0.2, -0.15) is 5.10 Å². The number of nitrogens with one attached hydrogen (secondary N) is 2. The number of H-pyrrole nitrogens is 1. The third-order valence-corrected chi connectivity index (χ3v) is 9.63. The van der Waals surface area contributed by atoms with Gasteiger partial charge >= 0.3 is 0 Å². The van der Waals surface area contributed by atoms with Crippen LogP contribution in [0.4, 0.5) is 0 Å². The number of benzene rings is 1. The number of amides is 2. The van der Waals surface area contributed by atoms with Crippen LogP contribution in [0.5, 0.6) is 5.75 Å². The van der Waals surface area contributed by atoms with E-state index in [2.05, 4.69) is 27.3 Å². The third kappa shape index (κ3) is 5.99. The molecule has 1 saturated carbocycles. The van der Waals surface area contributed by atoms with Gasteiger partial charge in [-0.1, -0.05) is 44.7 Å². The first kappa shape index (κ1) is 31.3. The number of aromatic hydroxyl groups is 1. The molecule has 2 saturated heterocycles. The monoisotopic (exact) mass is 587 g/mol. The highest BCUT2D eigenvalue weighted by molar-refractivity contribution is 6.00. The maximum absolute atomic E-state index is 14.0.